The molecule has 2 N–H and O–H groups in total. The zero-order valence-corrected chi connectivity index (χ0v) is 12.6. The Morgan fingerprint density at radius 1 is 1.16 bits per heavy atom. The lowest BCUT2D eigenvalue weighted by Crippen LogP contribution is -2.33. The van der Waals surface area contributed by atoms with Crippen LogP contribution in [-0.2, 0) is 13.0 Å². The van der Waals surface area contributed by atoms with Crippen LogP contribution in [0.4, 0.5) is 5.69 Å². The van der Waals surface area contributed by atoms with E-state index in [0.717, 1.165) is 23.1 Å². The van der Waals surface area contributed by atoms with Crippen molar-refractivity contribution in [2.45, 2.75) is 13.0 Å². The molecule has 0 unspecified atom stereocenters. The van der Waals surface area contributed by atoms with Crippen LogP contribution < -0.4 is 10.6 Å². The second-order valence-corrected chi connectivity index (χ2v) is 5.83. The Morgan fingerprint density at radius 3 is 2.84 bits per heavy atom. The minimum atomic E-state index is 0.700. The van der Waals surface area contributed by atoms with E-state index in [-0.39, 0.29) is 0 Å². The van der Waals surface area contributed by atoms with Gasteiger partial charge in [-0.15, -0.1) is 0 Å². The second-order valence-electron chi connectivity index (χ2n) is 4.57. The van der Waals surface area contributed by atoms with Gasteiger partial charge < -0.3 is 10.6 Å². The van der Waals surface area contributed by atoms with Gasteiger partial charge in [-0.25, -0.2) is 0 Å². The molecule has 4 heteroatoms. The molecule has 0 fully saturated rings. The number of rotatable bonds is 2. The first-order valence-corrected chi connectivity index (χ1v) is 7.32. The molecule has 1 aliphatic heterocycles. The standard InChI is InChI=1S/C15H13BrN2S/c16-13-4-2-1-3-11(13)7-10-5-6-14-12(8-10)9-17-15(19)18-14/h1-6,8H,7,9H2,(H2,17,18,19). The maximum atomic E-state index is 5.11. The highest BCUT2D eigenvalue weighted by Crippen LogP contribution is 2.24. The van der Waals surface area contributed by atoms with Crippen LogP contribution in [0.2, 0.25) is 0 Å². The Balaban J connectivity index is 1.87. The van der Waals surface area contributed by atoms with Gasteiger partial charge in [-0.05, 0) is 47.5 Å². The van der Waals surface area contributed by atoms with E-state index in [1.807, 2.05) is 6.07 Å². The van der Waals surface area contributed by atoms with E-state index in [4.69, 9.17) is 12.2 Å². The molecule has 0 aromatic heterocycles. The third kappa shape index (κ3) is 2.80. The molecule has 0 amide bonds. The lowest BCUT2D eigenvalue weighted by molar-refractivity contribution is 0.904. The Morgan fingerprint density at radius 2 is 2.00 bits per heavy atom. The average molecular weight is 333 g/mol. The Kier molecular flexibility index (Phi) is 3.53. The summed E-state index contributed by atoms with van der Waals surface area (Å²) in [5.41, 5.74) is 4.98. The van der Waals surface area contributed by atoms with E-state index in [0.29, 0.717) is 5.11 Å². The third-order valence-corrected chi connectivity index (χ3v) is 4.23. The van der Waals surface area contributed by atoms with Gasteiger partial charge in [-0.3, -0.25) is 0 Å². The maximum Gasteiger partial charge on any atom is 0.171 e. The van der Waals surface area contributed by atoms with Crippen LogP contribution in [0, 0.1) is 0 Å². The molecular weight excluding hydrogens is 320 g/mol. The molecule has 3 rings (SSSR count). The molecule has 2 nitrogen and oxygen atoms in total. The molecule has 2 aromatic carbocycles. The highest BCUT2D eigenvalue weighted by atomic mass is 79.9. The van der Waals surface area contributed by atoms with Gasteiger partial charge in [0.25, 0.3) is 0 Å². The normalized spacial score (nSPS) is 13.4. The number of thiocarbonyl (C=S) groups is 1. The topological polar surface area (TPSA) is 24.1 Å². The van der Waals surface area contributed by atoms with Gasteiger partial charge in [0.15, 0.2) is 5.11 Å². The molecule has 1 heterocycles. The van der Waals surface area contributed by atoms with Crippen molar-refractivity contribution < 1.29 is 0 Å². The number of hydrogen-bond donors (Lipinski definition) is 2. The van der Waals surface area contributed by atoms with Crippen molar-refractivity contribution in [1.82, 2.24) is 5.32 Å². The minimum absolute atomic E-state index is 0.700. The monoisotopic (exact) mass is 332 g/mol. The number of halogens is 1. The van der Waals surface area contributed by atoms with Gasteiger partial charge >= 0.3 is 0 Å². The number of nitrogens with one attached hydrogen (secondary N) is 2. The molecular formula is C15H13BrN2S. The van der Waals surface area contributed by atoms with E-state index in [9.17, 15) is 0 Å². The van der Waals surface area contributed by atoms with Crippen molar-refractivity contribution in [2.24, 2.45) is 0 Å². The molecule has 0 atom stereocenters. The third-order valence-electron chi connectivity index (χ3n) is 3.21. The van der Waals surface area contributed by atoms with E-state index in [1.54, 1.807) is 0 Å². The number of hydrogen-bond acceptors (Lipinski definition) is 1. The molecule has 1 aliphatic rings. The molecule has 0 bridgehead atoms. The van der Waals surface area contributed by atoms with Crippen molar-refractivity contribution >= 4 is 38.9 Å². The van der Waals surface area contributed by atoms with Crippen molar-refractivity contribution in [3.05, 3.63) is 63.6 Å². The molecule has 2 aromatic rings. The fraction of sp³-hybridized carbons (Fsp3) is 0.133. The summed E-state index contributed by atoms with van der Waals surface area (Å²) in [6.07, 6.45) is 0.930. The zero-order chi connectivity index (χ0) is 13.2. The summed E-state index contributed by atoms with van der Waals surface area (Å²) in [5.74, 6) is 0. The molecule has 19 heavy (non-hydrogen) atoms. The first-order valence-electron chi connectivity index (χ1n) is 6.12. The van der Waals surface area contributed by atoms with Crippen LogP contribution in [0.15, 0.2) is 46.9 Å². The summed E-state index contributed by atoms with van der Waals surface area (Å²) >= 11 is 8.70. The molecule has 0 saturated carbocycles. The van der Waals surface area contributed by atoms with Gasteiger partial charge in [0.05, 0.1) is 0 Å². The van der Waals surface area contributed by atoms with E-state index >= 15 is 0 Å². The van der Waals surface area contributed by atoms with Crippen molar-refractivity contribution in [2.75, 3.05) is 5.32 Å². The summed E-state index contributed by atoms with van der Waals surface area (Å²) < 4.78 is 1.16. The minimum Gasteiger partial charge on any atom is -0.358 e. The first kappa shape index (κ1) is 12.6. The van der Waals surface area contributed by atoms with Crippen LogP contribution in [0.25, 0.3) is 0 Å². The van der Waals surface area contributed by atoms with E-state index < -0.39 is 0 Å². The highest BCUT2D eigenvalue weighted by molar-refractivity contribution is 9.10. The Labute approximate surface area is 126 Å². The van der Waals surface area contributed by atoms with Gasteiger partial charge in [0, 0.05) is 16.7 Å². The van der Waals surface area contributed by atoms with Crippen molar-refractivity contribution in [3.63, 3.8) is 0 Å². The van der Waals surface area contributed by atoms with Crippen LogP contribution in [-0.4, -0.2) is 5.11 Å². The summed E-state index contributed by atoms with van der Waals surface area (Å²) in [6.45, 7) is 0.797. The van der Waals surface area contributed by atoms with Crippen LogP contribution >= 0.6 is 28.1 Å². The highest BCUT2D eigenvalue weighted by Gasteiger charge is 2.11. The zero-order valence-electron chi connectivity index (χ0n) is 10.2. The van der Waals surface area contributed by atoms with Crippen LogP contribution in [0.3, 0.4) is 0 Å². The lowest BCUT2D eigenvalue weighted by atomic mass is 10.0. The van der Waals surface area contributed by atoms with Gasteiger partial charge in [0.1, 0.15) is 0 Å². The first-order chi connectivity index (χ1) is 9.22. The smallest absolute Gasteiger partial charge is 0.171 e. The molecule has 0 spiro atoms. The Bertz CT molecular complexity index is 640. The lowest BCUT2D eigenvalue weighted by Gasteiger charge is -2.21. The fourth-order valence-electron chi connectivity index (χ4n) is 2.23. The van der Waals surface area contributed by atoms with Crippen LogP contribution in [0.1, 0.15) is 16.7 Å². The molecule has 96 valence electrons. The van der Waals surface area contributed by atoms with Gasteiger partial charge in [-0.1, -0.05) is 46.3 Å². The van der Waals surface area contributed by atoms with E-state index in [2.05, 4.69) is 63.0 Å². The van der Waals surface area contributed by atoms with E-state index in [1.165, 1.54) is 16.7 Å². The predicted octanol–water partition coefficient (Wildman–Crippen LogP) is 3.84. The molecule has 0 radical (unpaired) electrons. The summed E-state index contributed by atoms with van der Waals surface area (Å²) in [4.78, 5) is 0. The van der Waals surface area contributed by atoms with Gasteiger partial charge in [0.2, 0.25) is 0 Å². The van der Waals surface area contributed by atoms with Gasteiger partial charge in [-0.2, -0.15) is 0 Å². The average Bonchev–Trinajstić information content (AvgIpc) is 2.41. The Hall–Kier alpha value is -1.39. The number of anilines is 1. The largest absolute Gasteiger partial charge is 0.358 e. The summed E-state index contributed by atoms with van der Waals surface area (Å²) in [5, 5.41) is 7.03. The molecule has 0 saturated heterocycles. The SMILES string of the molecule is S=C1NCc2cc(Cc3ccccc3Br)ccc2N1. The number of benzene rings is 2. The second kappa shape index (κ2) is 5.31. The predicted molar refractivity (Wildman–Crippen MR) is 86.5 cm³/mol. The summed E-state index contributed by atoms with van der Waals surface area (Å²) in [6, 6.07) is 14.8. The van der Waals surface area contributed by atoms with Crippen LogP contribution in [0.5, 0.6) is 0 Å². The fourth-order valence-corrected chi connectivity index (χ4v) is 2.84. The quantitative estimate of drug-likeness (QED) is 0.817. The maximum absolute atomic E-state index is 5.11. The number of fused-ring (bicyclic) bond motifs is 1. The summed E-state index contributed by atoms with van der Waals surface area (Å²) in [7, 11) is 0. The molecule has 0 aliphatic carbocycles. The van der Waals surface area contributed by atoms with Crippen molar-refractivity contribution in [1.29, 1.82) is 0 Å². The van der Waals surface area contributed by atoms with Crippen molar-refractivity contribution in [3.8, 4) is 0 Å².